The highest BCUT2D eigenvalue weighted by atomic mass is 79.9. The standard InChI is InChI=1S/C15H23BrN2O2S/c1-13-7-9-18(10-8-13)21(19,20)17-15(12-16)11-14-5-3-2-4-6-14/h2-6,13,15,17H,7-12H2,1H3. The number of nitrogens with one attached hydrogen (secondary N) is 1. The van der Waals surface area contributed by atoms with Crippen LogP contribution in [0.5, 0.6) is 0 Å². The number of hydrogen-bond donors (Lipinski definition) is 1. The Bertz CT molecular complexity index is 528. The minimum Gasteiger partial charge on any atom is -0.198 e. The Kier molecular flexibility index (Phi) is 6.22. The molecular formula is C15H23BrN2O2S. The molecule has 2 rings (SSSR count). The first-order chi connectivity index (χ1) is 10.0. The molecule has 0 aliphatic carbocycles. The fourth-order valence-electron chi connectivity index (χ4n) is 2.54. The van der Waals surface area contributed by atoms with Crippen molar-refractivity contribution in [1.82, 2.24) is 9.03 Å². The average Bonchev–Trinajstić information content (AvgIpc) is 2.48. The van der Waals surface area contributed by atoms with Gasteiger partial charge in [0.15, 0.2) is 0 Å². The van der Waals surface area contributed by atoms with Gasteiger partial charge in [-0.3, -0.25) is 0 Å². The van der Waals surface area contributed by atoms with Crippen molar-refractivity contribution in [2.75, 3.05) is 18.4 Å². The van der Waals surface area contributed by atoms with E-state index in [-0.39, 0.29) is 6.04 Å². The second-order valence-electron chi connectivity index (χ2n) is 5.75. The summed E-state index contributed by atoms with van der Waals surface area (Å²) in [5.74, 6) is 0.618. The van der Waals surface area contributed by atoms with Gasteiger partial charge in [-0.1, -0.05) is 53.2 Å². The highest BCUT2D eigenvalue weighted by Crippen LogP contribution is 2.18. The van der Waals surface area contributed by atoms with Gasteiger partial charge in [0.25, 0.3) is 10.2 Å². The molecule has 21 heavy (non-hydrogen) atoms. The number of piperidine rings is 1. The molecule has 1 unspecified atom stereocenters. The van der Waals surface area contributed by atoms with Crippen LogP contribution in [0.3, 0.4) is 0 Å². The van der Waals surface area contributed by atoms with E-state index in [1.54, 1.807) is 4.31 Å². The normalized spacial score (nSPS) is 19.5. The molecule has 0 aromatic heterocycles. The Hall–Kier alpha value is -0.430. The van der Waals surface area contributed by atoms with E-state index in [2.05, 4.69) is 27.6 Å². The molecule has 6 heteroatoms. The van der Waals surface area contributed by atoms with Crippen LogP contribution in [-0.2, 0) is 16.6 Å². The number of benzene rings is 1. The van der Waals surface area contributed by atoms with Crippen LogP contribution in [0.4, 0.5) is 0 Å². The van der Waals surface area contributed by atoms with Gasteiger partial charge in [0.2, 0.25) is 0 Å². The smallest absolute Gasteiger partial charge is 0.198 e. The van der Waals surface area contributed by atoms with E-state index in [0.717, 1.165) is 18.4 Å². The maximum Gasteiger partial charge on any atom is 0.279 e. The molecule has 4 nitrogen and oxygen atoms in total. The molecule has 0 bridgehead atoms. The minimum atomic E-state index is -3.38. The number of rotatable bonds is 6. The van der Waals surface area contributed by atoms with Gasteiger partial charge in [0.1, 0.15) is 0 Å². The predicted octanol–water partition coefficient (Wildman–Crippen LogP) is 2.56. The summed E-state index contributed by atoms with van der Waals surface area (Å²) >= 11 is 3.41. The van der Waals surface area contributed by atoms with Gasteiger partial charge in [-0.2, -0.15) is 17.4 Å². The number of hydrogen-bond acceptors (Lipinski definition) is 2. The monoisotopic (exact) mass is 374 g/mol. The molecule has 1 aliphatic rings. The van der Waals surface area contributed by atoms with Gasteiger partial charge in [-0.25, -0.2) is 0 Å². The van der Waals surface area contributed by atoms with Crippen molar-refractivity contribution in [3.63, 3.8) is 0 Å². The van der Waals surface area contributed by atoms with Crippen molar-refractivity contribution < 1.29 is 8.42 Å². The van der Waals surface area contributed by atoms with Crippen LogP contribution in [-0.4, -0.2) is 37.2 Å². The Morgan fingerprint density at radius 1 is 1.29 bits per heavy atom. The summed E-state index contributed by atoms with van der Waals surface area (Å²) in [6.45, 7) is 3.42. The van der Waals surface area contributed by atoms with Gasteiger partial charge in [-0.05, 0) is 30.7 Å². The Morgan fingerprint density at radius 3 is 2.48 bits per heavy atom. The van der Waals surface area contributed by atoms with Crippen LogP contribution in [0.1, 0.15) is 25.3 Å². The maximum atomic E-state index is 12.4. The largest absolute Gasteiger partial charge is 0.279 e. The second kappa shape index (κ2) is 7.72. The molecule has 1 saturated heterocycles. The lowest BCUT2D eigenvalue weighted by molar-refractivity contribution is 0.284. The third-order valence-electron chi connectivity index (χ3n) is 3.91. The highest BCUT2D eigenvalue weighted by Gasteiger charge is 2.28. The summed E-state index contributed by atoms with van der Waals surface area (Å²) < 4.78 is 29.3. The Morgan fingerprint density at radius 2 is 1.90 bits per heavy atom. The van der Waals surface area contributed by atoms with Crippen molar-refractivity contribution in [1.29, 1.82) is 0 Å². The summed E-state index contributed by atoms with van der Waals surface area (Å²) in [5, 5.41) is 0.603. The summed E-state index contributed by atoms with van der Waals surface area (Å²) in [5.41, 5.74) is 1.14. The Labute approximate surface area is 136 Å². The zero-order chi connectivity index (χ0) is 15.3. The quantitative estimate of drug-likeness (QED) is 0.777. The fraction of sp³-hybridized carbons (Fsp3) is 0.600. The summed E-state index contributed by atoms with van der Waals surface area (Å²) in [4.78, 5) is 0. The molecule has 118 valence electrons. The number of nitrogens with zero attached hydrogens (tertiary/aromatic N) is 1. The van der Waals surface area contributed by atoms with Crippen LogP contribution in [0, 0.1) is 5.92 Å². The van der Waals surface area contributed by atoms with E-state index in [0.29, 0.717) is 30.8 Å². The van der Waals surface area contributed by atoms with Crippen LogP contribution in [0.25, 0.3) is 0 Å². The molecule has 1 heterocycles. The lowest BCUT2D eigenvalue weighted by atomic mass is 10.0. The van der Waals surface area contributed by atoms with Gasteiger partial charge < -0.3 is 0 Å². The van der Waals surface area contributed by atoms with Gasteiger partial charge in [0, 0.05) is 24.5 Å². The zero-order valence-electron chi connectivity index (χ0n) is 12.3. The van der Waals surface area contributed by atoms with E-state index < -0.39 is 10.2 Å². The molecule has 0 amide bonds. The van der Waals surface area contributed by atoms with Crippen molar-refractivity contribution in [3.05, 3.63) is 35.9 Å². The number of alkyl halides is 1. The molecule has 1 aromatic rings. The summed E-state index contributed by atoms with van der Waals surface area (Å²) in [6.07, 6.45) is 2.58. The molecule has 1 atom stereocenters. The lowest BCUT2D eigenvalue weighted by Gasteiger charge is -2.30. The van der Waals surface area contributed by atoms with Crippen molar-refractivity contribution in [2.45, 2.75) is 32.2 Å². The topological polar surface area (TPSA) is 49.4 Å². The van der Waals surface area contributed by atoms with E-state index in [9.17, 15) is 8.42 Å². The van der Waals surface area contributed by atoms with E-state index in [4.69, 9.17) is 0 Å². The zero-order valence-corrected chi connectivity index (χ0v) is 14.7. The van der Waals surface area contributed by atoms with Gasteiger partial charge >= 0.3 is 0 Å². The van der Waals surface area contributed by atoms with Crippen LogP contribution in [0.2, 0.25) is 0 Å². The first-order valence-corrected chi connectivity index (χ1v) is 9.94. The maximum absolute atomic E-state index is 12.4. The SMILES string of the molecule is CC1CCN(S(=O)(=O)NC(CBr)Cc2ccccc2)CC1. The molecule has 0 spiro atoms. The van der Waals surface area contributed by atoms with Gasteiger partial charge in [-0.15, -0.1) is 0 Å². The fourth-order valence-corrected chi connectivity index (χ4v) is 4.57. The lowest BCUT2D eigenvalue weighted by Crippen LogP contribution is -2.49. The third kappa shape index (κ3) is 5.06. The minimum absolute atomic E-state index is 0.128. The molecular weight excluding hydrogens is 352 g/mol. The number of halogens is 1. The first-order valence-electron chi connectivity index (χ1n) is 7.38. The van der Waals surface area contributed by atoms with Crippen molar-refractivity contribution in [2.24, 2.45) is 5.92 Å². The van der Waals surface area contributed by atoms with Gasteiger partial charge in [0.05, 0.1) is 0 Å². The molecule has 1 aromatic carbocycles. The van der Waals surface area contributed by atoms with E-state index >= 15 is 0 Å². The van der Waals surface area contributed by atoms with E-state index in [1.165, 1.54) is 0 Å². The molecule has 1 aliphatic heterocycles. The second-order valence-corrected chi connectivity index (χ2v) is 8.10. The van der Waals surface area contributed by atoms with Crippen LogP contribution < -0.4 is 4.72 Å². The van der Waals surface area contributed by atoms with Crippen LogP contribution in [0.15, 0.2) is 30.3 Å². The predicted molar refractivity (Wildman–Crippen MR) is 89.8 cm³/mol. The summed E-state index contributed by atoms with van der Waals surface area (Å²) in [6, 6.07) is 9.82. The molecule has 1 N–H and O–H groups in total. The third-order valence-corrected chi connectivity index (χ3v) is 6.37. The summed E-state index contributed by atoms with van der Waals surface area (Å²) in [7, 11) is -3.38. The first kappa shape index (κ1) is 16.9. The van der Waals surface area contributed by atoms with Crippen molar-refractivity contribution in [3.8, 4) is 0 Å². The molecule has 0 saturated carbocycles. The Balaban J connectivity index is 1.97. The van der Waals surface area contributed by atoms with Crippen LogP contribution >= 0.6 is 15.9 Å². The van der Waals surface area contributed by atoms with E-state index in [1.807, 2.05) is 30.3 Å². The molecule has 1 fully saturated rings. The average molecular weight is 375 g/mol. The highest BCUT2D eigenvalue weighted by molar-refractivity contribution is 9.09. The van der Waals surface area contributed by atoms with Crippen molar-refractivity contribution >= 4 is 26.1 Å². The molecule has 0 radical (unpaired) electrons.